The van der Waals surface area contributed by atoms with Crippen LogP contribution >= 0.6 is 11.8 Å². The highest BCUT2D eigenvalue weighted by molar-refractivity contribution is 7.99. The van der Waals surface area contributed by atoms with Crippen molar-refractivity contribution in [3.63, 3.8) is 0 Å². The molecule has 1 aliphatic rings. The van der Waals surface area contributed by atoms with Gasteiger partial charge in [0, 0.05) is 29.3 Å². The third kappa shape index (κ3) is 3.45. The Morgan fingerprint density at radius 3 is 2.70 bits per heavy atom. The van der Waals surface area contributed by atoms with Crippen LogP contribution in [0.1, 0.15) is 11.1 Å². The predicted molar refractivity (Wildman–Crippen MR) is 85.8 cm³/mol. The van der Waals surface area contributed by atoms with E-state index in [0.29, 0.717) is 0 Å². The molecule has 0 amide bonds. The third-order valence-electron chi connectivity index (χ3n) is 3.34. The Bertz CT molecular complexity index is 625. The van der Waals surface area contributed by atoms with Gasteiger partial charge in [0.25, 0.3) is 0 Å². The Hall–Kier alpha value is -1.69. The van der Waals surface area contributed by atoms with E-state index in [9.17, 15) is 0 Å². The van der Waals surface area contributed by atoms with E-state index >= 15 is 0 Å². The van der Waals surface area contributed by atoms with Crippen molar-refractivity contribution >= 4 is 11.8 Å². The molecule has 20 heavy (non-hydrogen) atoms. The minimum atomic E-state index is 0.837. The minimum Gasteiger partial charge on any atom is -0.287 e. The van der Waals surface area contributed by atoms with E-state index < -0.39 is 0 Å². The maximum atomic E-state index is 3.30. The molecule has 0 aromatic heterocycles. The molecule has 2 heteroatoms. The molecule has 0 bridgehead atoms. The molecular weight excluding hydrogens is 262 g/mol. The van der Waals surface area contributed by atoms with Crippen LogP contribution in [0.2, 0.25) is 0 Å². The van der Waals surface area contributed by atoms with Gasteiger partial charge in [-0.3, -0.25) is 4.90 Å². The maximum absolute atomic E-state index is 3.30. The first-order valence-electron chi connectivity index (χ1n) is 6.89. The number of benzene rings is 2. The molecule has 0 N–H and O–H groups in total. The molecule has 0 saturated heterocycles. The van der Waals surface area contributed by atoms with Crippen molar-refractivity contribution < 1.29 is 0 Å². The molecule has 1 aliphatic heterocycles. The summed E-state index contributed by atoms with van der Waals surface area (Å²) in [5.74, 6) is 7.68. The smallest absolute Gasteiger partial charge is 0.0608 e. The topological polar surface area (TPSA) is 3.24 Å². The lowest BCUT2D eigenvalue weighted by Crippen LogP contribution is -2.24. The molecule has 0 aliphatic carbocycles. The van der Waals surface area contributed by atoms with Crippen molar-refractivity contribution in [1.82, 2.24) is 4.90 Å². The lowest BCUT2D eigenvalue weighted by atomic mass is 10.2. The van der Waals surface area contributed by atoms with Crippen molar-refractivity contribution in [2.24, 2.45) is 0 Å². The first kappa shape index (κ1) is 13.3. The van der Waals surface area contributed by atoms with E-state index in [1.54, 1.807) is 0 Å². The fourth-order valence-electron chi connectivity index (χ4n) is 2.29. The van der Waals surface area contributed by atoms with Crippen LogP contribution in [0.15, 0.2) is 59.5 Å². The standard InChI is InChI=1S/C18H17NS/c1-2-7-16(8-3-1)9-6-12-19-13-14-20-18-11-5-4-10-17(18)15-19/h1-5,7-8,10-11H,12-15H2. The van der Waals surface area contributed by atoms with Gasteiger partial charge in [-0.2, -0.15) is 0 Å². The van der Waals surface area contributed by atoms with Crippen molar-refractivity contribution in [3.8, 4) is 11.8 Å². The van der Waals surface area contributed by atoms with Crippen LogP contribution in [0, 0.1) is 11.8 Å². The summed E-state index contributed by atoms with van der Waals surface area (Å²) in [5, 5.41) is 0. The van der Waals surface area contributed by atoms with E-state index in [2.05, 4.69) is 53.1 Å². The zero-order valence-corrected chi connectivity index (χ0v) is 12.2. The number of rotatable bonds is 1. The second-order valence-corrected chi connectivity index (χ2v) is 5.97. The Balaban J connectivity index is 1.66. The van der Waals surface area contributed by atoms with Gasteiger partial charge in [0.15, 0.2) is 0 Å². The Labute approximate surface area is 125 Å². The van der Waals surface area contributed by atoms with Crippen LogP contribution in [0.4, 0.5) is 0 Å². The number of hydrogen-bond donors (Lipinski definition) is 0. The largest absolute Gasteiger partial charge is 0.287 e. The average Bonchev–Trinajstić information content (AvgIpc) is 2.70. The van der Waals surface area contributed by atoms with Gasteiger partial charge in [0.2, 0.25) is 0 Å². The molecule has 1 nitrogen and oxygen atoms in total. The van der Waals surface area contributed by atoms with Crippen LogP contribution in [-0.2, 0) is 6.54 Å². The number of nitrogens with zero attached hydrogens (tertiary/aromatic N) is 1. The molecule has 0 atom stereocenters. The monoisotopic (exact) mass is 279 g/mol. The molecule has 0 unspecified atom stereocenters. The minimum absolute atomic E-state index is 0.837. The summed E-state index contributed by atoms with van der Waals surface area (Å²) >= 11 is 1.95. The Kier molecular flexibility index (Phi) is 4.42. The number of thioether (sulfide) groups is 1. The Morgan fingerprint density at radius 2 is 1.80 bits per heavy atom. The van der Waals surface area contributed by atoms with Gasteiger partial charge in [-0.15, -0.1) is 11.8 Å². The van der Waals surface area contributed by atoms with E-state index in [1.165, 1.54) is 10.5 Å². The predicted octanol–water partition coefficient (Wildman–Crippen LogP) is 3.65. The summed E-state index contributed by atoms with van der Waals surface area (Å²) in [6, 6.07) is 18.9. The summed E-state index contributed by atoms with van der Waals surface area (Å²) < 4.78 is 0. The normalized spacial score (nSPS) is 14.8. The summed E-state index contributed by atoms with van der Waals surface area (Å²) in [7, 11) is 0. The molecule has 2 aromatic rings. The van der Waals surface area contributed by atoms with Crippen molar-refractivity contribution in [1.29, 1.82) is 0 Å². The van der Waals surface area contributed by atoms with Crippen LogP contribution in [0.25, 0.3) is 0 Å². The molecule has 0 radical (unpaired) electrons. The number of fused-ring (bicyclic) bond motifs is 1. The first-order chi connectivity index (χ1) is 9.92. The molecule has 0 saturated carbocycles. The van der Waals surface area contributed by atoms with Gasteiger partial charge in [-0.05, 0) is 23.8 Å². The summed E-state index contributed by atoms with van der Waals surface area (Å²) in [6.45, 7) is 2.94. The average molecular weight is 279 g/mol. The quantitative estimate of drug-likeness (QED) is 0.733. The molecular formula is C18H17NS. The van der Waals surface area contributed by atoms with Gasteiger partial charge in [0.1, 0.15) is 0 Å². The van der Waals surface area contributed by atoms with Gasteiger partial charge in [0.05, 0.1) is 6.54 Å². The molecule has 0 fully saturated rings. The molecule has 100 valence electrons. The highest BCUT2D eigenvalue weighted by atomic mass is 32.2. The zero-order chi connectivity index (χ0) is 13.6. The number of hydrogen-bond acceptors (Lipinski definition) is 2. The zero-order valence-electron chi connectivity index (χ0n) is 11.4. The molecule has 3 rings (SSSR count). The SMILES string of the molecule is C(#Cc1ccccc1)CN1CCSc2ccccc2C1. The summed E-state index contributed by atoms with van der Waals surface area (Å²) in [5.41, 5.74) is 2.52. The van der Waals surface area contributed by atoms with Crippen LogP contribution in [0.3, 0.4) is 0 Å². The summed E-state index contributed by atoms with van der Waals surface area (Å²) in [6.07, 6.45) is 0. The lowest BCUT2D eigenvalue weighted by molar-refractivity contribution is 0.319. The lowest BCUT2D eigenvalue weighted by Gasteiger charge is -2.16. The van der Waals surface area contributed by atoms with Gasteiger partial charge in [-0.25, -0.2) is 0 Å². The highest BCUT2D eigenvalue weighted by Crippen LogP contribution is 2.26. The first-order valence-corrected chi connectivity index (χ1v) is 7.87. The van der Waals surface area contributed by atoms with Gasteiger partial charge in [-0.1, -0.05) is 48.2 Å². The fraction of sp³-hybridized carbons (Fsp3) is 0.222. The molecule has 2 aromatic carbocycles. The second-order valence-electron chi connectivity index (χ2n) is 4.83. The summed E-state index contributed by atoms with van der Waals surface area (Å²) in [4.78, 5) is 3.85. The van der Waals surface area contributed by atoms with Crippen molar-refractivity contribution in [2.75, 3.05) is 18.8 Å². The van der Waals surface area contributed by atoms with E-state index in [4.69, 9.17) is 0 Å². The van der Waals surface area contributed by atoms with Crippen molar-refractivity contribution in [2.45, 2.75) is 11.4 Å². The van der Waals surface area contributed by atoms with Crippen molar-refractivity contribution in [3.05, 3.63) is 65.7 Å². The van der Waals surface area contributed by atoms with E-state index in [0.717, 1.165) is 31.0 Å². The second kappa shape index (κ2) is 6.65. The molecule has 1 heterocycles. The molecule has 0 spiro atoms. The van der Waals surface area contributed by atoms with Crippen LogP contribution in [-0.4, -0.2) is 23.7 Å². The van der Waals surface area contributed by atoms with Gasteiger partial charge >= 0.3 is 0 Å². The van der Waals surface area contributed by atoms with Gasteiger partial charge < -0.3 is 0 Å². The van der Waals surface area contributed by atoms with Crippen LogP contribution in [0.5, 0.6) is 0 Å². The fourth-order valence-corrected chi connectivity index (χ4v) is 3.35. The highest BCUT2D eigenvalue weighted by Gasteiger charge is 2.12. The third-order valence-corrected chi connectivity index (χ3v) is 4.44. The van der Waals surface area contributed by atoms with E-state index in [-0.39, 0.29) is 0 Å². The Morgan fingerprint density at radius 1 is 1.00 bits per heavy atom. The maximum Gasteiger partial charge on any atom is 0.0608 e. The van der Waals surface area contributed by atoms with E-state index in [1.807, 2.05) is 30.0 Å². The van der Waals surface area contributed by atoms with Crippen LogP contribution < -0.4 is 0 Å².